The Kier molecular flexibility index (Phi) is 5.56. The van der Waals surface area contributed by atoms with Gasteiger partial charge in [-0.1, -0.05) is 13.8 Å². The van der Waals surface area contributed by atoms with Crippen LogP contribution in [0.4, 0.5) is 0 Å². The Morgan fingerprint density at radius 3 is 2.47 bits per heavy atom. The van der Waals surface area contributed by atoms with E-state index in [-0.39, 0.29) is 0 Å². The smallest absolute Gasteiger partial charge is 0.125 e. The molecule has 0 aliphatic heterocycles. The molecule has 2 atom stereocenters. The maximum absolute atomic E-state index is 4.58. The van der Waals surface area contributed by atoms with Gasteiger partial charge in [0.2, 0.25) is 0 Å². The highest BCUT2D eigenvalue weighted by molar-refractivity contribution is 5.15. The molecule has 0 aliphatic rings. The van der Waals surface area contributed by atoms with Gasteiger partial charge in [0.25, 0.3) is 0 Å². The SMILES string of the molecule is CCCNC(C)C(CC)c1cc(C)nc(C)n1. The fraction of sp³-hybridized carbons (Fsp3) is 0.714. The first-order valence-electron chi connectivity index (χ1n) is 6.64. The van der Waals surface area contributed by atoms with Crippen molar-refractivity contribution >= 4 is 0 Å². The Hall–Kier alpha value is -0.960. The van der Waals surface area contributed by atoms with Gasteiger partial charge in [-0.25, -0.2) is 9.97 Å². The quantitative estimate of drug-likeness (QED) is 0.823. The zero-order chi connectivity index (χ0) is 12.8. The van der Waals surface area contributed by atoms with Crippen molar-refractivity contribution in [2.24, 2.45) is 0 Å². The van der Waals surface area contributed by atoms with Crippen LogP contribution >= 0.6 is 0 Å². The molecule has 1 aromatic heterocycles. The van der Waals surface area contributed by atoms with Crippen LogP contribution in [-0.2, 0) is 0 Å². The topological polar surface area (TPSA) is 37.8 Å². The summed E-state index contributed by atoms with van der Waals surface area (Å²) >= 11 is 0. The van der Waals surface area contributed by atoms with Crippen molar-refractivity contribution in [2.75, 3.05) is 6.54 Å². The van der Waals surface area contributed by atoms with Gasteiger partial charge in [-0.2, -0.15) is 0 Å². The average molecular weight is 235 g/mol. The molecule has 0 bridgehead atoms. The maximum atomic E-state index is 4.58. The summed E-state index contributed by atoms with van der Waals surface area (Å²) in [6.45, 7) is 11.7. The summed E-state index contributed by atoms with van der Waals surface area (Å²) < 4.78 is 0. The standard InChI is InChI=1S/C14H25N3/c1-6-8-15-11(4)13(7-2)14-9-10(3)16-12(5)17-14/h9,11,13,15H,6-8H2,1-5H3. The number of nitrogens with zero attached hydrogens (tertiary/aromatic N) is 2. The highest BCUT2D eigenvalue weighted by Crippen LogP contribution is 2.22. The van der Waals surface area contributed by atoms with Crippen molar-refractivity contribution in [3.05, 3.63) is 23.3 Å². The molecule has 0 amide bonds. The molecule has 1 N–H and O–H groups in total. The second kappa shape index (κ2) is 6.70. The van der Waals surface area contributed by atoms with E-state index < -0.39 is 0 Å². The number of aromatic nitrogens is 2. The Labute approximate surface area is 105 Å². The summed E-state index contributed by atoms with van der Waals surface area (Å²) in [7, 11) is 0. The van der Waals surface area contributed by atoms with Crippen LogP contribution in [0.15, 0.2) is 6.07 Å². The van der Waals surface area contributed by atoms with E-state index >= 15 is 0 Å². The van der Waals surface area contributed by atoms with Crippen LogP contribution in [-0.4, -0.2) is 22.6 Å². The second-order valence-corrected chi connectivity index (χ2v) is 4.74. The van der Waals surface area contributed by atoms with E-state index in [0.29, 0.717) is 12.0 Å². The summed E-state index contributed by atoms with van der Waals surface area (Å²) in [4.78, 5) is 8.92. The first-order valence-corrected chi connectivity index (χ1v) is 6.64. The highest BCUT2D eigenvalue weighted by Gasteiger charge is 2.18. The summed E-state index contributed by atoms with van der Waals surface area (Å²) in [5.41, 5.74) is 2.24. The normalized spacial score (nSPS) is 14.6. The lowest BCUT2D eigenvalue weighted by molar-refractivity contribution is 0.441. The van der Waals surface area contributed by atoms with E-state index in [4.69, 9.17) is 0 Å². The van der Waals surface area contributed by atoms with E-state index in [2.05, 4.69) is 42.1 Å². The highest BCUT2D eigenvalue weighted by atomic mass is 14.9. The molecule has 1 rings (SSSR count). The first-order chi connectivity index (χ1) is 8.08. The summed E-state index contributed by atoms with van der Waals surface area (Å²) in [6, 6.07) is 2.58. The van der Waals surface area contributed by atoms with Gasteiger partial charge in [0.15, 0.2) is 0 Å². The van der Waals surface area contributed by atoms with Gasteiger partial charge in [0.05, 0.1) is 0 Å². The zero-order valence-electron chi connectivity index (χ0n) is 11.7. The van der Waals surface area contributed by atoms with Crippen LogP contribution in [0.25, 0.3) is 0 Å². The van der Waals surface area contributed by atoms with Crippen molar-refractivity contribution in [1.82, 2.24) is 15.3 Å². The second-order valence-electron chi connectivity index (χ2n) is 4.74. The number of nitrogens with one attached hydrogen (secondary N) is 1. The molecule has 0 radical (unpaired) electrons. The minimum atomic E-state index is 0.466. The van der Waals surface area contributed by atoms with Crippen LogP contribution in [0.5, 0.6) is 0 Å². The summed E-state index contributed by atoms with van der Waals surface area (Å²) in [5.74, 6) is 1.35. The Balaban J connectivity index is 2.84. The van der Waals surface area contributed by atoms with E-state index in [9.17, 15) is 0 Å². The fourth-order valence-corrected chi connectivity index (χ4v) is 2.27. The lowest BCUT2D eigenvalue weighted by Crippen LogP contribution is -2.33. The zero-order valence-corrected chi connectivity index (χ0v) is 11.7. The molecule has 3 heteroatoms. The van der Waals surface area contributed by atoms with E-state index in [1.54, 1.807) is 0 Å². The molecule has 96 valence electrons. The minimum Gasteiger partial charge on any atom is -0.314 e. The molecule has 1 heterocycles. The van der Waals surface area contributed by atoms with Crippen LogP contribution in [0.3, 0.4) is 0 Å². The third-order valence-corrected chi connectivity index (χ3v) is 3.13. The van der Waals surface area contributed by atoms with E-state index in [1.807, 2.05) is 13.8 Å². The molecule has 0 aliphatic carbocycles. The first kappa shape index (κ1) is 14.1. The maximum Gasteiger partial charge on any atom is 0.125 e. The predicted octanol–water partition coefficient (Wildman–Crippen LogP) is 2.98. The van der Waals surface area contributed by atoms with Crippen molar-refractivity contribution in [1.29, 1.82) is 0 Å². The van der Waals surface area contributed by atoms with Crippen LogP contribution < -0.4 is 5.32 Å². The van der Waals surface area contributed by atoms with Crippen LogP contribution in [0.2, 0.25) is 0 Å². The minimum absolute atomic E-state index is 0.466. The lowest BCUT2D eigenvalue weighted by Gasteiger charge is -2.23. The summed E-state index contributed by atoms with van der Waals surface area (Å²) in [6.07, 6.45) is 2.27. The molecule has 3 nitrogen and oxygen atoms in total. The number of hydrogen-bond acceptors (Lipinski definition) is 3. The number of hydrogen-bond donors (Lipinski definition) is 1. The van der Waals surface area contributed by atoms with Gasteiger partial charge in [0, 0.05) is 23.3 Å². The van der Waals surface area contributed by atoms with Crippen molar-refractivity contribution in [2.45, 2.75) is 59.4 Å². The molecule has 0 saturated heterocycles. The monoisotopic (exact) mass is 235 g/mol. The van der Waals surface area contributed by atoms with Crippen LogP contribution in [0.1, 0.15) is 56.7 Å². The van der Waals surface area contributed by atoms with Gasteiger partial charge in [-0.3, -0.25) is 0 Å². The van der Waals surface area contributed by atoms with Gasteiger partial charge in [-0.15, -0.1) is 0 Å². The van der Waals surface area contributed by atoms with E-state index in [1.165, 1.54) is 12.1 Å². The van der Waals surface area contributed by atoms with Gasteiger partial charge in [-0.05, 0) is 46.2 Å². The molecule has 0 spiro atoms. The molecular weight excluding hydrogens is 210 g/mol. The predicted molar refractivity (Wildman–Crippen MR) is 72.3 cm³/mol. The fourth-order valence-electron chi connectivity index (χ4n) is 2.27. The number of aryl methyl sites for hydroxylation is 2. The molecule has 0 aromatic carbocycles. The molecule has 1 aromatic rings. The van der Waals surface area contributed by atoms with E-state index in [0.717, 1.165) is 24.5 Å². The largest absolute Gasteiger partial charge is 0.314 e. The molecule has 0 fully saturated rings. The van der Waals surface area contributed by atoms with Crippen LogP contribution in [0, 0.1) is 13.8 Å². The Bertz CT molecular complexity index is 329. The van der Waals surface area contributed by atoms with Gasteiger partial charge < -0.3 is 5.32 Å². The molecule has 0 saturated carbocycles. The van der Waals surface area contributed by atoms with Gasteiger partial charge >= 0.3 is 0 Å². The Morgan fingerprint density at radius 1 is 1.24 bits per heavy atom. The van der Waals surface area contributed by atoms with Crippen molar-refractivity contribution in [3.8, 4) is 0 Å². The molecule has 2 unspecified atom stereocenters. The third kappa shape index (κ3) is 4.08. The van der Waals surface area contributed by atoms with Crippen molar-refractivity contribution < 1.29 is 0 Å². The Morgan fingerprint density at radius 2 is 1.94 bits per heavy atom. The average Bonchev–Trinajstić information content (AvgIpc) is 2.26. The molecular formula is C14H25N3. The van der Waals surface area contributed by atoms with Gasteiger partial charge in [0.1, 0.15) is 5.82 Å². The third-order valence-electron chi connectivity index (χ3n) is 3.13. The van der Waals surface area contributed by atoms with Crippen molar-refractivity contribution in [3.63, 3.8) is 0 Å². The molecule has 17 heavy (non-hydrogen) atoms. The summed E-state index contributed by atoms with van der Waals surface area (Å²) in [5, 5.41) is 3.56. The lowest BCUT2D eigenvalue weighted by atomic mass is 9.93. The number of rotatable bonds is 6.